The average Bonchev–Trinajstić information content (AvgIpc) is 2.73. The molecule has 1 heterocycles. The van der Waals surface area contributed by atoms with Crippen molar-refractivity contribution in [2.45, 2.75) is 44.4 Å². The molecule has 1 aliphatic carbocycles. The van der Waals surface area contributed by atoms with Crippen molar-refractivity contribution in [3.63, 3.8) is 0 Å². The number of fused-ring (bicyclic) bond motifs is 1. The molecule has 5 nitrogen and oxygen atoms in total. The minimum absolute atomic E-state index is 0.000450. The fraction of sp³-hybridized carbons (Fsp3) is 0.438. The third-order valence-electron chi connectivity index (χ3n) is 4.05. The Labute approximate surface area is 131 Å². The van der Waals surface area contributed by atoms with Gasteiger partial charge in [0.05, 0.1) is 18.0 Å². The molecule has 0 radical (unpaired) electrons. The highest BCUT2D eigenvalue weighted by atomic mass is 32.2. The molecule has 0 amide bonds. The van der Waals surface area contributed by atoms with Crippen molar-refractivity contribution in [2.75, 3.05) is 0 Å². The van der Waals surface area contributed by atoms with Crippen LogP contribution in [0.2, 0.25) is 0 Å². The Kier molecular flexibility index (Phi) is 4.59. The maximum Gasteiger partial charge on any atom is 0.216 e. The highest BCUT2D eigenvalue weighted by Gasteiger charge is 2.18. The Morgan fingerprint density at radius 1 is 1.09 bits per heavy atom. The lowest BCUT2D eigenvalue weighted by molar-refractivity contribution is 0.579. The Balaban J connectivity index is 1.66. The summed E-state index contributed by atoms with van der Waals surface area (Å²) in [6, 6.07) is 9.21. The first kappa shape index (κ1) is 15.2. The summed E-state index contributed by atoms with van der Waals surface area (Å²) in [6.45, 7) is 0.265. The van der Waals surface area contributed by atoms with Crippen molar-refractivity contribution in [1.29, 1.82) is 0 Å². The average molecular weight is 319 g/mol. The van der Waals surface area contributed by atoms with Crippen LogP contribution in [0.1, 0.15) is 41.8 Å². The monoisotopic (exact) mass is 319 g/mol. The van der Waals surface area contributed by atoms with Gasteiger partial charge < -0.3 is 0 Å². The largest absolute Gasteiger partial charge is 0.282 e. The van der Waals surface area contributed by atoms with Crippen molar-refractivity contribution in [2.24, 2.45) is 0 Å². The fourth-order valence-corrected chi connectivity index (χ4v) is 3.99. The summed E-state index contributed by atoms with van der Waals surface area (Å²) in [6.07, 6.45) is 5.55. The zero-order valence-electron chi connectivity index (χ0n) is 12.5. The van der Waals surface area contributed by atoms with Gasteiger partial charge in [0, 0.05) is 5.69 Å². The number of nitrogens with one attached hydrogen (secondary N) is 2. The molecule has 0 aliphatic heterocycles. The topological polar surface area (TPSA) is 74.8 Å². The van der Waals surface area contributed by atoms with Crippen LogP contribution in [0.15, 0.2) is 30.3 Å². The summed E-state index contributed by atoms with van der Waals surface area (Å²) in [7, 11) is -3.35. The lowest BCUT2D eigenvalue weighted by Gasteiger charge is -2.07. The van der Waals surface area contributed by atoms with Crippen molar-refractivity contribution < 1.29 is 8.42 Å². The normalized spacial score (nSPS) is 15.3. The lowest BCUT2D eigenvalue weighted by atomic mass is 10.1. The van der Waals surface area contributed by atoms with Crippen molar-refractivity contribution in [3.05, 3.63) is 52.8 Å². The van der Waals surface area contributed by atoms with E-state index in [-0.39, 0.29) is 12.3 Å². The van der Waals surface area contributed by atoms with Crippen LogP contribution in [0.3, 0.4) is 0 Å². The number of benzene rings is 1. The second-order valence-corrected chi connectivity index (χ2v) is 7.56. The van der Waals surface area contributed by atoms with Crippen molar-refractivity contribution in [3.8, 4) is 0 Å². The van der Waals surface area contributed by atoms with Gasteiger partial charge in [-0.25, -0.2) is 13.1 Å². The molecule has 1 aliphatic rings. The van der Waals surface area contributed by atoms with Gasteiger partial charge in [-0.1, -0.05) is 36.8 Å². The molecule has 1 aromatic carbocycles. The first-order chi connectivity index (χ1) is 10.6. The van der Waals surface area contributed by atoms with Gasteiger partial charge in [0.1, 0.15) is 0 Å². The second-order valence-electron chi connectivity index (χ2n) is 5.75. The predicted octanol–water partition coefficient (Wildman–Crippen LogP) is 2.30. The zero-order valence-corrected chi connectivity index (χ0v) is 13.3. The maximum atomic E-state index is 12.2. The maximum absolute atomic E-state index is 12.2. The third kappa shape index (κ3) is 3.75. The molecule has 1 aromatic heterocycles. The number of hydrogen-bond acceptors (Lipinski definition) is 3. The molecule has 0 bridgehead atoms. The first-order valence-corrected chi connectivity index (χ1v) is 9.35. The van der Waals surface area contributed by atoms with Crippen LogP contribution < -0.4 is 4.72 Å². The van der Waals surface area contributed by atoms with Gasteiger partial charge in [-0.15, -0.1) is 0 Å². The van der Waals surface area contributed by atoms with Crippen LogP contribution in [0, 0.1) is 0 Å². The van der Waals surface area contributed by atoms with Gasteiger partial charge in [0.2, 0.25) is 10.0 Å². The van der Waals surface area contributed by atoms with Crippen LogP contribution in [0.4, 0.5) is 0 Å². The SMILES string of the molecule is O=S(=O)(Cc1ccccc1)NCc1n[nH]c2c1CCCCC2. The minimum atomic E-state index is -3.35. The molecule has 2 aromatic rings. The van der Waals surface area contributed by atoms with E-state index in [2.05, 4.69) is 14.9 Å². The van der Waals surface area contributed by atoms with Crippen LogP contribution in [-0.4, -0.2) is 18.6 Å². The van der Waals surface area contributed by atoms with Crippen molar-refractivity contribution >= 4 is 10.0 Å². The lowest BCUT2D eigenvalue weighted by Crippen LogP contribution is -2.25. The highest BCUT2D eigenvalue weighted by Crippen LogP contribution is 2.21. The molecule has 118 valence electrons. The number of sulfonamides is 1. The van der Waals surface area contributed by atoms with E-state index >= 15 is 0 Å². The smallest absolute Gasteiger partial charge is 0.216 e. The molecule has 2 N–H and O–H groups in total. The minimum Gasteiger partial charge on any atom is -0.282 e. The highest BCUT2D eigenvalue weighted by molar-refractivity contribution is 7.88. The summed E-state index contributed by atoms with van der Waals surface area (Å²) < 4.78 is 27.0. The number of nitrogens with zero attached hydrogens (tertiary/aromatic N) is 1. The van der Waals surface area contributed by atoms with E-state index in [0.717, 1.165) is 30.5 Å². The molecular weight excluding hydrogens is 298 g/mol. The molecule has 0 atom stereocenters. The van der Waals surface area contributed by atoms with E-state index in [4.69, 9.17) is 0 Å². The Hall–Kier alpha value is -1.66. The fourth-order valence-electron chi connectivity index (χ4n) is 2.90. The summed E-state index contributed by atoms with van der Waals surface area (Å²) in [4.78, 5) is 0. The zero-order chi connectivity index (χ0) is 15.4. The quantitative estimate of drug-likeness (QED) is 0.830. The van der Waals surface area contributed by atoms with Gasteiger partial charge in [-0.2, -0.15) is 5.10 Å². The molecule has 0 saturated heterocycles. The Morgan fingerprint density at radius 2 is 1.86 bits per heavy atom. The molecular formula is C16H21N3O2S. The van der Waals surface area contributed by atoms with E-state index in [1.165, 1.54) is 24.1 Å². The summed E-state index contributed by atoms with van der Waals surface area (Å²) in [5, 5.41) is 7.36. The van der Waals surface area contributed by atoms with Gasteiger partial charge in [-0.05, 0) is 36.8 Å². The summed E-state index contributed by atoms with van der Waals surface area (Å²) in [5.41, 5.74) is 4.01. The number of H-pyrrole nitrogens is 1. The second kappa shape index (κ2) is 6.62. The van der Waals surface area contributed by atoms with Crippen LogP contribution in [0.5, 0.6) is 0 Å². The van der Waals surface area contributed by atoms with Crippen LogP contribution >= 0.6 is 0 Å². The number of aryl methyl sites for hydroxylation is 1. The summed E-state index contributed by atoms with van der Waals surface area (Å²) >= 11 is 0. The van der Waals surface area contributed by atoms with Gasteiger partial charge in [0.15, 0.2) is 0 Å². The van der Waals surface area contributed by atoms with Gasteiger partial charge >= 0.3 is 0 Å². The first-order valence-electron chi connectivity index (χ1n) is 7.70. The molecule has 0 saturated carbocycles. The number of rotatable bonds is 5. The van der Waals surface area contributed by atoms with Crippen LogP contribution in [0.25, 0.3) is 0 Å². The molecule has 6 heteroatoms. The number of aromatic amines is 1. The van der Waals surface area contributed by atoms with Gasteiger partial charge in [-0.3, -0.25) is 5.10 Å². The van der Waals surface area contributed by atoms with E-state index in [1.807, 2.05) is 30.3 Å². The third-order valence-corrected chi connectivity index (χ3v) is 5.35. The molecule has 0 spiro atoms. The molecule has 0 fully saturated rings. The predicted molar refractivity (Wildman–Crippen MR) is 85.8 cm³/mol. The van der Waals surface area contributed by atoms with E-state index in [1.54, 1.807) is 0 Å². The molecule has 0 unspecified atom stereocenters. The molecule has 3 rings (SSSR count). The van der Waals surface area contributed by atoms with E-state index in [9.17, 15) is 8.42 Å². The summed E-state index contributed by atoms with van der Waals surface area (Å²) in [5.74, 6) is 0.000450. The van der Waals surface area contributed by atoms with E-state index in [0.29, 0.717) is 0 Å². The van der Waals surface area contributed by atoms with E-state index < -0.39 is 10.0 Å². The standard InChI is InChI=1S/C16H21N3O2S/c20-22(21,12-13-7-3-1-4-8-13)17-11-16-14-9-5-2-6-10-15(14)18-19-16/h1,3-4,7-8,17H,2,5-6,9-12H2,(H,18,19). The van der Waals surface area contributed by atoms with Gasteiger partial charge in [0.25, 0.3) is 0 Å². The Bertz CT molecular complexity index is 723. The van der Waals surface area contributed by atoms with Crippen molar-refractivity contribution in [1.82, 2.24) is 14.9 Å². The number of hydrogen-bond donors (Lipinski definition) is 2. The Morgan fingerprint density at radius 3 is 2.68 bits per heavy atom. The number of aromatic nitrogens is 2. The molecule has 22 heavy (non-hydrogen) atoms. The van der Waals surface area contributed by atoms with Crippen LogP contribution in [-0.2, 0) is 35.2 Å².